The summed E-state index contributed by atoms with van der Waals surface area (Å²) >= 11 is 0. The summed E-state index contributed by atoms with van der Waals surface area (Å²) in [5.41, 5.74) is 0. The predicted molar refractivity (Wildman–Crippen MR) is 40.4 cm³/mol. The lowest BCUT2D eigenvalue weighted by Crippen LogP contribution is -2.27. The Hall–Kier alpha value is 0.140. The highest BCUT2D eigenvalue weighted by molar-refractivity contribution is 5.85. The van der Waals surface area contributed by atoms with Crippen LogP contribution in [0.4, 0.5) is 4.39 Å². The number of hydrogen-bond donors (Lipinski definition) is 1. The molecule has 0 aromatic rings. The average Bonchev–Trinajstić information content (AvgIpc) is 2.13. The van der Waals surface area contributed by atoms with Crippen molar-refractivity contribution in [2.45, 2.75) is 12.5 Å². The maximum absolute atomic E-state index is 11.9. The lowest BCUT2D eigenvalue weighted by Gasteiger charge is -2.08. The molecule has 0 saturated carbocycles. The molecule has 1 heterocycles. The molecule has 0 radical (unpaired) electrons. The second kappa shape index (κ2) is 5.89. The van der Waals surface area contributed by atoms with Gasteiger partial charge < -0.3 is 10.1 Å². The molecule has 0 aromatic carbocycles. The highest BCUT2D eigenvalue weighted by Gasteiger charge is 2.10. The first-order valence-corrected chi connectivity index (χ1v) is 3.32. The van der Waals surface area contributed by atoms with Crippen molar-refractivity contribution in [3.05, 3.63) is 0 Å². The van der Waals surface area contributed by atoms with Crippen molar-refractivity contribution in [2.24, 2.45) is 0 Å². The van der Waals surface area contributed by atoms with Crippen LogP contribution >= 0.6 is 12.4 Å². The van der Waals surface area contributed by atoms with Crippen LogP contribution in [0.2, 0.25) is 0 Å². The fourth-order valence-corrected chi connectivity index (χ4v) is 0.868. The van der Waals surface area contributed by atoms with E-state index in [2.05, 4.69) is 5.32 Å². The molecule has 0 amide bonds. The minimum Gasteiger partial charge on any atom is -0.374 e. The smallest absolute Gasteiger partial charge is 0.117 e. The summed E-state index contributed by atoms with van der Waals surface area (Å²) in [7, 11) is 0. The Labute approximate surface area is 66.5 Å². The zero-order chi connectivity index (χ0) is 6.53. The molecule has 1 atom stereocenters. The SMILES string of the molecule is Cl.FCC1CNCCCO1. The number of hydrogen-bond acceptors (Lipinski definition) is 2. The molecule has 1 aliphatic heterocycles. The van der Waals surface area contributed by atoms with Crippen molar-refractivity contribution in [3.63, 3.8) is 0 Å². The Morgan fingerprint density at radius 1 is 1.60 bits per heavy atom. The fourth-order valence-electron chi connectivity index (χ4n) is 0.868. The molecule has 0 bridgehead atoms. The van der Waals surface area contributed by atoms with Crippen molar-refractivity contribution >= 4 is 12.4 Å². The largest absolute Gasteiger partial charge is 0.374 e. The van der Waals surface area contributed by atoms with E-state index < -0.39 is 0 Å². The summed E-state index contributed by atoms with van der Waals surface area (Å²) in [6.45, 7) is 1.95. The molecule has 0 spiro atoms. The van der Waals surface area contributed by atoms with E-state index in [0.29, 0.717) is 13.2 Å². The first-order valence-electron chi connectivity index (χ1n) is 3.32. The first kappa shape index (κ1) is 10.1. The molecule has 1 saturated heterocycles. The second-order valence-electron chi connectivity index (χ2n) is 2.20. The first-order chi connectivity index (χ1) is 4.43. The number of nitrogens with one attached hydrogen (secondary N) is 1. The van der Waals surface area contributed by atoms with Gasteiger partial charge in [0.1, 0.15) is 6.67 Å². The van der Waals surface area contributed by atoms with Gasteiger partial charge in [-0.2, -0.15) is 0 Å². The third kappa shape index (κ3) is 3.34. The van der Waals surface area contributed by atoms with Gasteiger partial charge in [0.25, 0.3) is 0 Å². The molecule has 1 fully saturated rings. The zero-order valence-electron chi connectivity index (χ0n) is 5.81. The number of alkyl halides is 1. The molecule has 10 heavy (non-hydrogen) atoms. The molecule has 0 aromatic heterocycles. The summed E-state index contributed by atoms with van der Waals surface area (Å²) in [4.78, 5) is 0. The summed E-state index contributed by atoms with van der Waals surface area (Å²) < 4.78 is 17.0. The average molecular weight is 170 g/mol. The maximum Gasteiger partial charge on any atom is 0.117 e. The molecular weight excluding hydrogens is 157 g/mol. The van der Waals surface area contributed by atoms with E-state index in [0.717, 1.165) is 13.0 Å². The minimum atomic E-state index is -0.368. The summed E-state index contributed by atoms with van der Waals surface area (Å²) in [6, 6.07) is 0. The summed E-state index contributed by atoms with van der Waals surface area (Å²) in [6.07, 6.45) is 0.795. The predicted octanol–water partition coefficient (Wildman–Crippen LogP) is 0.756. The molecule has 62 valence electrons. The second-order valence-corrected chi connectivity index (χ2v) is 2.20. The maximum atomic E-state index is 11.9. The molecule has 1 unspecified atom stereocenters. The topological polar surface area (TPSA) is 21.3 Å². The van der Waals surface area contributed by atoms with Crippen molar-refractivity contribution in [1.29, 1.82) is 0 Å². The summed E-state index contributed by atoms with van der Waals surface area (Å²) in [5.74, 6) is 0. The lowest BCUT2D eigenvalue weighted by molar-refractivity contribution is 0.0491. The Bertz CT molecular complexity index is 76.1. The van der Waals surface area contributed by atoms with E-state index in [1.54, 1.807) is 0 Å². The van der Waals surface area contributed by atoms with Crippen LogP contribution in [-0.4, -0.2) is 32.5 Å². The van der Waals surface area contributed by atoms with E-state index in [4.69, 9.17) is 4.74 Å². The zero-order valence-corrected chi connectivity index (χ0v) is 6.62. The van der Waals surface area contributed by atoms with Crippen LogP contribution in [0.3, 0.4) is 0 Å². The minimum absolute atomic E-state index is 0. The van der Waals surface area contributed by atoms with Crippen LogP contribution in [-0.2, 0) is 4.74 Å². The van der Waals surface area contributed by atoms with Crippen LogP contribution in [0.15, 0.2) is 0 Å². The molecule has 1 N–H and O–H groups in total. The van der Waals surface area contributed by atoms with Crippen LogP contribution in [0, 0.1) is 0 Å². The summed E-state index contributed by atoms with van der Waals surface area (Å²) in [5, 5.41) is 3.08. The molecule has 1 aliphatic rings. The van der Waals surface area contributed by atoms with E-state index in [9.17, 15) is 4.39 Å². The van der Waals surface area contributed by atoms with E-state index >= 15 is 0 Å². The lowest BCUT2D eigenvalue weighted by atomic mass is 10.4. The van der Waals surface area contributed by atoms with Gasteiger partial charge in [-0.25, -0.2) is 4.39 Å². The number of rotatable bonds is 1. The van der Waals surface area contributed by atoms with Gasteiger partial charge in [-0.05, 0) is 13.0 Å². The van der Waals surface area contributed by atoms with Gasteiger partial charge in [-0.15, -0.1) is 12.4 Å². The Morgan fingerprint density at radius 2 is 2.40 bits per heavy atom. The van der Waals surface area contributed by atoms with Gasteiger partial charge in [0.2, 0.25) is 0 Å². The Balaban J connectivity index is 0.000000810. The third-order valence-corrected chi connectivity index (χ3v) is 1.40. The van der Waals surface area contributed by atoms with Crippen LogP contribution in [0.5, 0.6) is 0 Å². The highest BCUT2D eigenvalue weighted by Crippen LogP contribution is 1.96. The van der Waals surface area contributed by atoms with Crippen molar-refractivity contribution in [1.82, 2.24) is 5.32 Å². The van der Waals surface area contributed by atoms with Crippen LogP contribution in [0.25, 0.3) is 0 Å². The molecule has 4 heteroatoms. The monoisotopic (exact) mass is 169 g/mol. The van der Waals surface area contributed by atoms with Crippen molar-refractivity contribution < 1.29 is 9.13 Å². The standard InChI is InChI=1S/C6H12FNO.ClH/c7-4-6-5-8-2-1-3-9-6;/h6,8H,1-5H2;1H. The van der Waals surface area contributed by atoms with Gasteiger partial charge in [-0.1, -0.05) is 0 Å². The normalized spacial score (nSPS) is 26.7. The van der Waals surface area contributed by atoms with Crippen LogP contribution in [0.1, 0.15) is 6.42 Å². The van der Waals surface area contributed by atoms with Gasteiger partial charge in [0.15, 0.2) is 0 Å². The molecule has 0 aliphatic carbocycles. The van der Waals surface area contributed by atoms with E-state index in [-0.39, 0.29) is 25.2 Å². The molecule has 1 rings (SSSR count). The van der Waals surface area contributed by atoms with Crippen LogP contribution < -0.4 is 5.32 Å². The van der Waals surface area contributed by atoms with E-state index in [1.165, 1.54) is 0 Å². The highest BCUT2D eigenvalue weighted by atomic mass is 35.5. The van der Waals surface area contributed by atoms with Gasteiger partial charge in [0, 0.05) is 13.2 Å². The Kier molecular flexibility index (Phi) is 5.97. The number of halogens is 2. The molecule has 2 nitrogen and oxygen atoms in total. The fraction of sp³-hybridized carbons (Fsp3) is 1.00. The van der Waals surface area contributed by atoms with Crippen molar-refractivity contribution in [3.8, 4) is 0 Å². The van der Waals surface area contributed by atoms with Crippen molar-refractivity contribution in [2.75, 3.05) is 26.4 Å². The number of ether oxygens (including phenoxy) is 1. The van der Waals surface area contributed by atoms with E-state index in [1.807, 2.05) is 0 Å². The van der Waals surface area contributed by atoms with Gasteiger partial charge in [0.05, 0.1) is 6.10 Å². The van der Waals surface area contributed by atoms with Gasteiger partial charge >= 0.3 is 0 Å². The van der Waals surface area contributed by atoms with Gasteiger partial charge in [-0.3, -0.25) is 0 Å². The Morgan fingerprint density at radius 3 is 3.10 bits per heavy atom. The third-order valence-electron chi connectivity index (χ3n) is 1.40. The quantitative estimate of drug-likeness (QED) is 0.626. The molecular formula is C6H13ClFNO.